The van der Waals surface area contributed by atoms with E-state index in [1.54, 1.807) is 0 Å². The predicted octanol–water partition coefficient (Wildman–Crippen LogP) is 2.89. The minimum absolute atomic E-state index is 0. The van der Waals surface area contributed by atoms with Crippen molar-refractivity contribution >= 4 is 18.3 Å². The van der Waals surface area contributed by atoms with Gasteiger partial charge in [0.1, 0.15) is 0 Å². The van der Waals surface area contributed by atoms with Crippen molar-refractivity contribution in [1.29, 1.82) is 0 Å². The third-order valence-electron chi connectivity index (χ3n) is 3.31. The summed E-state index contributed by atoms with van der Waals surface area (Å²) in [4.78, 5) is 11.9. The first kappa shape index (κ1) is 17.9. The molecule has 0 aliphatic heterocycles. The molecule has 0 saturated carbocycles. The van der Waals surface area contributed by atoms with Gasteiger partial charge in [0.2, 0.25) is 5.91 Å². The lowest BCUT2D eigenvalue weighted by atomic mass is 10.00. The van der Waals surface area contributed by atoms with Crippen LogP contribution in [0.2, 0.25) is 0 Å². The number of amides is 1. The van der Waals surface area contributed by atoms with Crippen LogP contribution in [0.1, 0.15) is 43.5 Å². The monoisotopic (exact) mass is 284 g/mol. The van der Waals surface area contributed by atoms with E-state index in [0.29, 0.717) is 0 Å². The van der Waals surface area contributed by atoms with Crippen LogP contribution in [-0.2, 0) is 4.79 Å². The fourth-order valence-corrected chi connectivity index (χ4v) is 1.93. The number of hydrogen-bond donors (Lipinski definition) is 2. The zero-order chi connectivity index (χ0) is 13.9. The van der Waals surface area contributed by atoms with E-state index in [2.05, 4.69) is 37.4 Å². The van der Waals surface area contributed by atoms with Gasteiger partial charge in [0, 0.05) is 12.0 Å². The van der Waals surface area contributed by atoms with Gasteiger partial charge in [-0.1, -0.05) is 36.2 Å². The van der Waals surface area contributed by atoms with Gasteiger partial charge in [-0.15, -0.1) is 12.4 Å². The largest absolute Gasteiger partial charge is 0.349 e. The molecule has 0 saturated heterocycles. The second-order valence-electron chi connectivity index (χ2n) is 5.30. The lowest BCUT2D eigenvalue weighted by molar-refractivity contribution is -0.125. The van der Waals surface area contributed by atoms with Gasteiger partial charge >= 0.3 is 0 Å². The lowest BCUT2D eigenvalue weighted by Crippen LogP contribution is -2.39. The molecule has 0 aliphatic rings. The molecule has 0 fully saturated rings. The number of carbonyl (C=O) groups excluding carboxylic acids is 1. The zero-order valence-electron chi connectivity index (χ0n) is 12.4. The van der Waals surface area contributed by atoms with Gasteiger partial charge in [-0.3, -0.25) is 4.79 Å². The minimum atomic E-state index is -0.168. The van der Waals surface area contributed by atoms with Crippen molar-refractivity contribution < 1.29 is 4.79 Å². The number of hydrogen-bond acceptors (Lipinski definition) is 2. The smallest absolute Gasteiger partial charge is 0.224 e. The molecule has 0 bridgehead atoms. The van der Waals surface area contributed by atoms with Crippen LogP contribution in [0.3, 0.4) is 0 Å². The van der Waals surface area contributed by atoms with E-state index >= 15 is 0 Å². The van der Waals surface area contributed by atoms with Crippen LogP contribution in [-0.4, -0.2) is 11.9 Å². The summed E-state index contributed by atoms with van der Waals surface area (Å²) in [6.07, 6.45) is 0. The molecule has 0 aliphatic carbocycles. The van der Waals surface area contributed by atoms with Crippen molar-refractivity contribution in [3.8, 4) is 0 Å². The maximum atomic E-state index is 11.9. The minimum Gasteiger partial charge on any atom is -0.349 e. The molecule has 0 aromatic heterocycles. The summed E-state index contributed by atoms with van der Waals surface area (Å²) in [5.74, 6) is -0.157. The van der Waals surface area contributed by atoms with Crippen LogP contribution in [0.4, 0.5) is 0 Å². The lowest BCUT2D eigenvalue weighted by Gasteiger charge is -2.20. The Morgan fingerprint density at radius 2 is 1.58 bits per heavy atom. The summed E-state index contributed by atoms with van der Waals surface area (Å²) >= 11 is 0. The Bertz CT molecular complexity index is 412. The van der Waals surface area contributed by atoms with Crippen LogP contribution >= 0.6 is 12.4 Å². The highest BCUT2D eigenvalue weighted by atomic mass is 35.5. The van der Waals surface area contributed by atoms with Crippen LogP contribution in [0.15, 0.2) is 18.2 Å². The molecule has 0 spiro atoms. The molecule has 3 nitrogen and oxygen atoms in total. The molecular weight excluding hydrogens is 260 g/mol. The first-order valence-corrected chi connectivity index (χ1v) is 6.45. The molecule has 1 amide bonds. The van der Waals surface area contributed by atoms with Crippen molar-refractivity contribution in [3.05, 3.63) is 34.9 Å². The normalized spacial score (nSPS) is 15.1. The highest BCUT2D eigenvalue weighted by molar-refractivity contribution is 5.85. The standard InChI is InChI=1S/C15H24N2O.ClH/c1-9-6-10(2)8-14(7-9)13(5)17-15(18)11(3)12(4)16;/h6-8,11-13H,16H2,1-5H3,(H,17,18);1H. The van der Waals surface area contributed by atoms with E-state index in [0.717, 1.165) is 5.56 Å². The van der Waals surface area contributed by atoms with E-state index in [1.807, 2.05) is 20.8 Å². The quantitative estimate of drug-likeness (QED) is 0.893. The summed E-state index contributed by atoms with van der Waals surface area (Å²) in [5.41, 5.74) is 9.30. The van der Waals surface area contributed by atoms with Crippen LogP contribution in [0, 0.1) is 19.8 Å². The Morgan fingerprint density at radius 3 is 2.00 bits per heavy atom. The number of nitrogens with two attached hydrogens (primary N) is 1. The number of nitrogens with one attached hydrogen (secondary N) is 1. The van der Waals surface area contributed by atoms with Gasteiger partial charge in [-0.05, 0) is 33.3 Å². The number of aryl methyl sites for hydroxylation is 2. The summed E-state index contributed by atoms with van der Waals surface area (Å²) in [6, 6.07) is 6.22. The highest BCUT2D eigenvalue weighted by Crippen LogP contribution is 2.17. The average Bonchev–Trinajstić information content (AvgIpc) is 2.26. The second-order valence-corrected chi connectivity index (χ2v) is 5.30. The van der Waals surface area contributed by atoms with Crippen molar-refractivity contribution in [2.45, 2.75) is 46.7 Å². The Hall–Kier alpha value is -1.06. The van der Waals surface area contributed by atoms with E-state index in [9.17, 15) is 4.79 Å². The third-order valence-corrected chi connectivity index (χ3v) is 3.31. The van der Waals surface area contributed by atoms with E-state index in [1.165, 1.54) is 11.1 Å². The fourth-order valence-electron chi connectivity index (χ4n) is 1.93. The molecular formula is C15H25ClN2O. The van der Waals surface area contributed by atoms with Crippen LogP contribution in [0.25, 0.3) is 0 Å². The molecule has 0 radical (unpaired) electrons. The zero-order valence-corrected chi connectivity index (χ0v) is 13.2. The van der Waals surface area contributed by atoms with Gasteiger partial charge in [-0.2, -0.15) is 0 Å². The molecule has 1 aromatic rings. The molecule has 3 unspecified atom stereocenters. The summed E-state index contributed by atoms with van der Waals surface area (Å²) in [7, 11) is 0. The van der Waals surface area contributed by atoms with Gasteiger partial charge in [-0.25, -0.2) is 0 Å². The Kier molecular flexibility index (Phi) is 7.09. The molecule has 4 heteroatoms. The Labute approximate surface area is 122 Å². The molecule has 3 N–H and O–H groups in total. The van der Waals surface area contributed by atoms with Gasteiger partial charge < -0.3 is 11.1 Å². The SMILES string of the molecule is Cc1cc(C)cc(C(C)NC(=O)C(C)C(C)N)c1.Cl. The maximum Gasteiger partial charge on any atom is 0.224 e. The van der Waals surface area contributed by atoms with Gasteiger partial charge in [0.15, 0.2) is 0 Å². The van der Waals surface area contributed by atoms with E-state index in [-0.39, 0.29) is 36.3 Å². The Morgan fingerprint density at radius 1 is 1.11 bits per heavy atom. The predicted molar refractivity (Wildman–Crippen MR) is 82.5 cm³/mol. The van der Waals surface area contributed by atoms with Gasteiger partial charge in [0.25, 0.3) is 0 Å². The summed E-state index contributed by atoms with van der Waals surface area (Å²) in [6.45, 7) is 9.84. The van der Waals surface area contributed by atoms with Crippen molar-refractivity contribution in [2.75, 3.05) is 0 Å². The summed E-state index contributed by atoms with van der Waals surface area (Å²) < 4.78 is 0. The maximum absolute atomic E-state index is 11.9. The Balaban J connectivity index is 0.00000324. The highest BCUT2D eigenvalue weighted by Gasteiger charge is 2.19. The van der Waals surface area contributed by atoms with Crippen molar-refractivity contribution in [3.63, 3.8) is 0 Å². The first-order valence-electron chi connectivity index (χ1n) is 6.45. The number of halogens is 1. The average molecular weight is 285 g/mol. The molecule has 3 atom stereocenters. The molecule has 1 aromatic carbocycles. The summed E-state index contributed by atoms with van der Waals surface area (Å²) in [5, 5.41) is 3.01. The van der Waals surface area contributed by atoms with Crippen LogP contribution in [0.5, 0.6) is 0 Å². The third kappa shape index (κ3) is 5.21. The van der Waals surface area contributed by atoms with Crippen LogP contribution < -0.4 is 11.1 Å². The molecule has 108 valence electrons. The number of carbonyl (C=O) groups is 1. The topological polar surface area (TPSA) is 55.1 Å². The molecule has 1 rings (SSSR count). The van der Waals surface area contributed by atoms with Crippen molar-refractivity contribution in [1.82, 2.24) is 5.32 Å². The van der Waals surface area contributed by atoms with Crippen molar-refractivity contribution in [2.24, 2.45) is 11.7 Å². The number of rotatable bonds is 4. The van der Waals surface area contributed by atoms with E-state index in [4.69, 9.17) is 5.73 Å². The molecule has 19 heavy (non-hydrogen) atoms. The first-order chi connectivity index (χ1) is 8.31. The second kappa shape index (κ2) is 7.51. The number of benzene rings is 1. The van der Waals surface area contributed by atoms with Gasteiger partial charge in [0.05, 0.1) is 6.04 Å². The fraction of sp³-hybridized carbons (Fsp3) is 0.533. The van der Waals surface area contributed by atoms with E-state index < -0.39 is 0 Å². The molecule has 0 heterocycles.